The molecule has 2 aromatic rings. The predicted molar refractivity (Wildman–Crippen MR) is 106 cm³/mol. The van der Waals surface area contributed by atoms with Crippen molar-refractivity contribution >= 4 is 23.6 Å². The fourth-order valence-corrected chi connectivity index (χ4v) is 1.76. The molecular formula is C20H27N3O3. The van der Waals surface area contributed by atoms with E-state index in [0.717, 1.165) is 0 Å². The van der Waals surface area contributed by atoms with Crippen LogP contribution in [0.1, 0.15) is 50.5 Å². The molecule has 0 saturated heterocycles. The zero-order valence-corrected chi connectivity index (χ0v) is 16.2. The fraction of sp³-hybridized carbons (Fsp3) is 0.300. The van der Waals surface area contributed by atoms with Gasteiger partial charge >= 0.3 is 5.69 Å². The van der Waals surface area contributed by atoms with Crippen LogP contribution in [0.2, 0.25) is 0 Å². The first-order valence-electron chi connectivity index (χ1n) is 8.60. The van der Waals surface area contributed by atoms with Crippen molar-refractivity contribution in [3.8, 4) is 0 Å². The van der Waals surface area contributed by atoms with Gasteiger partial charge in [0.15, 0.2) is 5.78 Å². The topological polar surface area (TPSA) is 81.1 Å². The van der Waals surface area contributed by atoms with Gasteiger partial charge in [-0.15, -0.1) is 0 Å². The monoisotopic (exact) mass is 357 g/mol. The summed E-state index contributed by atoms with van der Waals surface area (Å²) in [6.07, 6.45) is 4.37. The van der Waals surface area contributed by atoms with Gasteiger partial charge in [-0.05, 0) is 31.2 Å². The van der Waals surface area contributed by atoms with Gasteiger partial charge in [0.1, 0.15) is 5.82 Å². The van der Waals surface area contributed by atoms with Crippen molar-refractivity contribution in [3.63, 3.8) is 0 Å². The summed E-state index contributed by atoms with van der Waals surface area (Å²) in [5.41, 5.74) is 0.427. The van der Waals surface area contributed by atoms with Gasteiger partial charge in [0.25, 0.3) is 5.91 Å². The van der Waals surface area contributed by atoms with Crippen molar-refractivity contribution in [1.29, 1.82) is 0 Å². The lowest BCUT2D eigenvalue weighted by atomic mass is 10.2. The molecule has 0 aliphatic rings. The Kier molecular flexibility index (Phi) is 10.9. The summed E-state index contributed by atoms with van der Waals surface area (Å²) >= 11 is 0. The number of aromatic nitrogens is 2. The molecule has 0 bridgehead atoms. The summed E-state index contributed by atoms with van der Waals surface area (Å²) in [5, 5.41) is 2.59. The van der Waals surface area contributed by atoms with Gasteiger partial charge in [0, 0.05) is 24.4 Å². The Balaban J connectivity index is 0.00000146. The van der Waals surface area contributed by atoms with Crippen LogP contribution in [0.25, 0.3) is 6.08 Å². The molecule has 1 N–H and O–H groups in total. The second-order valence-corrected chi connectivity index (χ2v) is 4.70. The van der Waals surface area contributed by atoms with Crippen LogP contribution in [0.4, 0.5) is 5.82 Å². The minimum Gasteiger partial charge on any atom is -0.306 e. The first-order chi connectivity index (χ1) is 12.5. The average Bonchev–Trinajstić information content (AvgIpc) is 2.67. The molecule has 0 saturated carbocycles. The number of hydrogen-bond acceptors (Lipinski definition) is 4. The molecule has 2 rings (SSSR count). The summed E-state index contributed by atoms with van der Waals surface area (Å²) in [5.74, 6) is -0.400. The Morgan fingerprint density at radius 2 is 1.65 bits per heavy atom. The van der Waals surface area contributed by atoms with Crippen molar-refractivity contribution in [2.75, 3.05) is 5.32 Å². The number of nitrogens with one attached hydrogen (secondary N) is 1. The molecule has 26 heavy (non-hydrogen) atoms. The van der Waals surface area contributed by atoms with E-state index in [1.165, 1.54) is 29.8 Å². The largest absolute Gasteiger partial charge is 0.349 e. The number of amides is 1. The van der Waals surface area contributed by atoms with Crippen LogP contribution < -0.4 is 11.0 Å². The number of anilines is 1. The highest BCUT2D eigenvalue weighted by atomic mass is 16.2. The Labute approximate surface area is 154 Å². The third kappa shape index (κ3) is 7.25. The highest BCUT2D eigenvalue weighted by molar-refractivity contribution is 6.04. The molecule has 1 aromatic carbocycles. The van der Waals surface area contributed by atoms with Gasteiger partial charge < -0.3 is 9.88 Å². The number of carbonyl (C=O) groups excluding carboxylic acids is 2. The van der Waals surface area contributed by atoms with Crippen LogP contribution in [0.15, 0.2) is 47.4 Å². The smallest absolute Gasteiger partial charge is 0.306 e. The Hall–Kier alpha value is -3.02. The molecule has 6 nitrogen and oxygen atoms in total. The maximum Gasteiger partial charge on any atom is 0.349 e. The van der Waals surface area contributed by atoms with Gasteiger partial charge in [0.05, 0.1) is 0 Å². The van der Waals surface area contributed by atoms with E-state index in [2.05, 4.69) is 10.3 Å². The maximum absolute atomic E-state index is 12.1. The number of aryl methyl sites for hydroxylation is 1. The van der Waals surface area contributed by atoms with Gasteiger partial charge in [0.2, 0.25) is 0 Å². The van der Waals surface area contributed by atoms with Gasteiger partial charge in [-0.3, -0.25) is 9.59 Å². The van der Waals surface area contributed by atoms with E-state index in [4.69, 9.17) is 0 Å². The third-order valence-corrected chi connectivity index (χ3v) is 2.88. The number of hydrogen-bond donors (Lipinski definition) is 1. The van der Waals surface area contributed by atoms with Crippen molar-refractivity contribution in [2.45, 2.75) is 34.6 Å². The quantitative estimate of drug-likeness (QED) is 0.846. The van der Waals surface area contributed by atoms with Crippen molar-refractivity contribution in [3.05, 3.63) is 64.2 Å². The molecule has 0 spiro atoms. The Morgan fingerprint density at radius 3 is 2.19 bits per heavy atom. The zero-order valence-electron chi connectivity index (χ0n) is 16.2. The minimum atomic E-state index is -0.497. The minimum absolute atomic E-state index is 0.120. The van der Waals surface area contributed by atoms with E-state index < -0.39 is 5.69 Å². The second kappa shape index (κ2) is 12.4. The standard InChI is InChI=1S/C16H15N3O3.2C2H6/c1-11(20)8-9-13-10-19(2)16(22)18-14(13)17-15(21)12-6-4-3-5-7-12;2*1-2/h3-10H,1-2H3,(H,17,18,21,22);2*1-2H3/b9-8+;;. The first-order valence-corrected chi connectivity index (χ1v) is 8.60. The fourth-order valence-electron chi connectivity index (χ4n) is 1.76. The number of ketones is 1. The number of nitrogens with zero attached hydrogens (tertiary/aromatic N) is 2. The molecule has 1 aromatic heterocycles. The van der Waals surface area contributed by atoms with E-state index in [1.54, 1.807) is 37.4 Å². The van der Waals surface area contributed by atoms with Crippen LogP contribution in [0.3, 0.4) is 0 Å². The Bertz CT molecular complexity index is 794. The number of carbonyl (C=O) groups is 2. The van der Waals surface area contributed by atoms with Crippen molar-refractivity contribution in [1.82, 2.24) is 9.55 Å². The molecule has 0 atom stereocenters. The number of benzene rings is 1. The Morgan fingerprint density at radius 1 is 1.08 bits per heavy atom. The molecule has 6 heteroatoms. The maximum atomic E-state index is 12.1. The molecular weight excluding hydrogens is 330 g/mol. The zero-order chi connectivity index (χ0) is 20.1. The molecule has 0 radical (unpaired) electrons. The highest BCUT2D eigenvalue weighted by Crippen LogP contribution is 2.13. The van der Waals surface area contributed by atoms with Crippen molar-refractivity contribution < 1.29 is 9.59 Å². The van der Waals surface area contributed by atoms with Crippen LogP contribution in [-0.4, -0.2) is 21.2 Å². The molecule has 0 aliphatic heterocycles. The van der Waals surface area contributed by atoms with Crippen LogP contribution >= 0.6 is 0 Å². The number of rotatable bonds is 4. The van der Waals surface area contributed by atoms with E-state index in [-0.39, 0.29) is 17.5 Å². The molecule has 0 fully saturated rings. The van der Waals surface area contributed by atoms with Crippen LogP contribution in [0, 0.1) is 0 Å². The van der Waals surface area contributed by atoms with Crippen molar-refractivity contribution in [2.24, 2.45) is 7.05 Å². The van der Waals surface area contributed by atoms with E-state index in [1.807, 2.05) is 27.7 Å². The van der Waals surface area contributed by atoms with E-state index in [9.17, 15) is 14.4 Å². The third-order valence-electron chi connectivity index (χ3n) is 2.88. The van der Waals surface area contributed by atoms with Gasteiger partial charge in [-0.25, -0.2) is 4.79 Å². The van der Waals surface area contributed by atoms with Gasteiger partial charge in [-0.1, -0.05) is 45.9 Å². The summed E-state index contributed by atoms with van der Waals surface area (Å²) in [6, 6.07) is 8.59. The van der Waals surface area contributed by atoms with Gasteiger partial charge in [-0.2, -0.15) is 4.98 Å². The molecule has 140 valence electrons. The lowest BCUT2D eigenvalue weighted by Gasteiger charge is -2.08. The van der Waals surface area contributed by atoms with E-state index in [0.29, 0.717) is 11.1 Å². The lowest BCUT2D eigenvalue weighted by Crippen LogP contribution is -2.24. The average molecular weight is 357 g/mol. The first kappa shape index (κ1) is 23.0. The normalized spacial score (nSPS) is 9.46. The van der Waals surface area contributed by atoms with Crippen LogP contribution in [-0.2, 0) is 11.8 Å². The second-order valence-electron chi connectivity index (χ2n) is 4.70. The summed E-state index contributed by atoms with van der Waals surface area (Å²) in [7, 11) is 1.54. The van der Waals surface area contributed by atoms with Crippen LogP contribution in [0.5, 0.6) is 0 Å². The predicted octanol–water partition coefficient (Wildman–Crippen LogP) is 3.69. The molecule has 1 amide bonds. The SMILES string of the molecule is CC.CC.CC(=O)/C=C/c1cn(C)c(=O)nc1NC(=O)c1ccccc1. The number of allylic oxidation sites excluding steroid dienone is 1. The van der Waals surface area contributed by atoms with E-state index >= 15 is 0 Å². The summed E-state index contributed by atoms with van der Waals surface area (Å²) < 4.78 is 1.28. The highest BCUT2D eigenvalue weighted by Gasteiger charge is 2.10. The summed E-state index contributed by atoms with van der Waals surface area (Å²) in [4.78, 5) is 38.7. The molecule has 0 unspecified atom stereocenters. The molecule has 1 heterocycles. The lowest BCUT2D eigenvalue weighted by molar-refractivity contribution is -0.112. The summed E-state index contributed by atoms with van der Waals surface area (Å²) in [6.45, 7) is 9.41. The molecule has 0 aliphatic carbocycles.